The SMILES string of the molecule is CC(C)CC(C)CNc1ccc(NCC(C)CC(C)C)cc1. The molecule has 1 aromatic carbocycles. The topological polar surface area (TPSA) is 24.1 Å². The van der Waals surface area contributed by atoms with Gasteiger partial charge in [0.05, 0.1) is 0 Å². The molecule has 2 heteroatoms. The van der Waals surface area contributed by atoms with Crippen molar-refractivity contribution >= 4 is 11.4 Å². The molecule has 0 bridgehead atoms. The summed E-state index contributed by atoms with van der Waals surface area (Å²) in [6.45, 7) is 15.9. The lowest BCUT2D eigenvalue weighted by Gasteiger charge is -2.17. The molecule has 0 aliphatic heterocycles. The molecule has 0 saturated carbocycles. The van der Waals surface area contributed by atoms with Gasteiger partial charge in [-0.2, -0.15) is 0 Å². The lowest BCUT2D eigenvalue weighted by atomic mass is 9.99. The maximum Gasteiger partial charge on any atom is 0.0341 e. The number of rotatable bonds is 10. The average Bonchev–Trinajstić information content (AvgIpc) is 2.42. The van der Waals surface area contributed by atoms with Crippen LogP contribution >= 0.6 is 0 Å². The van der Waals surface area contributed by atoms with Crippen LogP contribution in [0.1, 0.15) is 54.4 Å². The summed E-state index contributed by atoms with van der Waals surface area (Å²) in [6, 6.07) is 8.71. The van der Waals surface area contributed by atoms with Crippen LogP contribution in [0.2, 0.25) is 0 Å². The van der Waals surface area contributed by atoms with E-state index in [0.717, 1.165) is 36.8 Å². The van der Waals surface area contributed by atoms with Gasteiger partial charge in [0.15, 0.2) is 0 Å². The predicted octanol–water partition coefficient (Wildman–Crippen LogP) is 5.87. The Morgan fingerprint density at radius 1 is 0.636 bits per heavy atom. The van der Waals surface area contributed by atoms with Crippen LogP contribution in [0.3, 0.4) is 0 Å². The minimum Gasteiger partial charge on any atom is -0.385 e. The molecule has 22 heavy (non-hydrogen) atoms. The molecule has 0 heterocycles. The molecule has 1 aromatic rings. The zero-order valence-electron chi connectivity index (χ0n) is 15.4. The van der Waals surface area contributed by atoms with Crippen LogP contribution in [0.15, 0.2) is 24.3 Å². The Balaban J connectivity index is 2.33. The van der Waals surface area contributed by atoms with E-state index in [4.69, 9.17) is 0 Å². The second-order valence-corrected chi connectivity index (χ2v) is 7.81. The summed E-state index contributed by atoms with van der Waals surface area (Å²) in [4.78, 5) is 0. The van der Waals surface area contributed by atoms with Crippen molar-refractivity contribution in [2.75, 3.05) is 23.7 Å². The molecule has 0 aliphatic rings. The summed E-state index contributed by atoms with van der Waals surface area (Å²) >= 11 is 0. The number of nitrogens with one attached hydrogen (secondary N) is 2. The Kier molecular flexibility index (Phi) is 8.37. The van der Waals surface area contributed by atoms with Crippen molar-refractivity contribution in [3.63, 3.8) is 0 Å². The molecular formula is C20H36N2. The Bertz CT molecular complexity index is 356. The molecule has 1 rings (SSSR count). The smallest absolute Gasteiger partial charge is 0.0341 e. The van der Waals surface area contributed by atoms with Crippen molar-refractivity contribution in [3.05, 3.63) is 24.3 Å². The summed E-state index contributed by atoms with van der Waals surface area (Å²) in [5.41, 5.74) is 2.44. The van der Waals surface area contributed by atoms with Crippen LogP contribution < -0.4 is 10.6 Å². The highest BCUT2D eigenvalue weighted by molar-refractivity contribution is 5.53. The normalized spacial score (nSPS) is 14.2. The summed E-state index contributed by atoms with van der Waals surface area (Å²) in [6.07, 6.45) is 2.56. The minimum atomic E-state index is 0.717. The van der Waals surface area contributed by atoms with E-state index in [9.17, 15) is 0 Å². The van der Waals surface area contributed by atoms with Gasteiger partial charge in [0.1, 0.15) is 0 Å². The van der Waals surface area contributed by atoms with Gasteiger partial charge >= 0.3 is 0 Å². The number of anilines is 2. The van der Waals surface area contributed by atoms with Crippen molar-refractivity contribution in [2.24, 2.45) is 23.7 Å². The summed E-state index contributed by atoms with van der Waals surface area (Å²) in [5.74, 6) is 2.98. The van der Waals surface area contributed by atoms with Crippen LogP contribution in [0, 0.1) is 23.7 Å². The summed E-state index contributed by atoms with van der Waals surface area (Å²) in [5, 5.41) is 7.08. The minimum absolute atomic E-state index is 0.717. The predicted molar refractivity (Wildman–Crippen MR) is 101 cm³/mol. The van der Waals surface area contributed by atoms with Crippen molar-refractivity contribution in [1.29, 1.82) is 0 Å². The summed E-state index contributed by atoms with van der Waals surface area (Å²) in [7, 11) is 0. The zero-order chi connectivity index (χ0) is 16.5. The van der Waals surface area contributed by atoms with Crippen LogP contribution in [-0.4, -0.2) is 13.1 Å². The van der Waals surface area contributed by atoms with Crippen molar-refractivity contribution in [2.45, 2.75) is 54.4 Å². The lowest BCUT2D eigenvalue weighted by Crippen LogP contribution is -2.14. The second-order valence-electron chi connectivity index (χ2n) is 7.81. The Morgan fingerprint density at radius 3 is 1.23 bits per heavy atom. The monoisotopic (exact) mass is 304 g/mol. The van der Waals surface area contributed by atoms with Gasteiger partial charge in [0.2, 0.25) is 0 Å². The van der Waals surface area contributed by atoms with Crippen LogP contribution in [-0.2, 0) is 0 Å². The van der Waals surface area contributed by atoms with E-state index < -0.39 is 0 Å². The van der Waals surface area contributed by atoms with E-state index in [-0.39, 0.29) is 0 Å². The fourth-order valence-corrected chi connectivity index (χ4v) is 3.07. The molecule has 126 valence electrons. The Labute approximate surface area is 138 Å². The van der Waals surface area contributed by atoms with Gasteiger partial charge < -0.3 is 10.6 Å². The molecule has 2 unspecified atom stereocenters. The molecular weight excluding hydrogens is 268 g/mol. The number of hydrogen-bond donors (Lipinski definition) is 2. The van der Waals surface area contributed by atoms with Gasteiger partial charge in [-0.05, 0) is 60.8 Å². The van der Waals surface area contributed by atoms with Crippen LogP contribution in [0.4, 0.5) is 11.4 Å². The van der Waals surface area contributed by atoms with Crippen molar-refractivity contribution < 1.29 is 0 Å². The van der Waals surface area contributed by atoms with E-state index in [1.54, 1.807) is 0 Å². The first kappa shape index (κ1) is 18.9. The van der Waals surface area contributed by atoms with Gasteiger partial charge in [-0.1, -0.05) is 41.5 Å². The van der Waals surface area contributed by atoms with Gasteiger partial charge in [0, 0.05) is 24.5 Å². The molecule has 0 amide bonds. The van der Waals surface area contributed by atoms with E-state index >= 15 is 0 Å². The molecule has 0 aromatic heterocycles. The Morgan fingerprint density at radius 2 is 0.955 bits per heavy atom. The first-order chi connectivity index (χ1) is 10.4. The first-order valence-electron chi connectivity index (χ1n) is 8.94. The Hall–Kier alpha value is -1.18. The molecule has 0 spiro atoms. The van der Waals surface area contributed by atoms with Crippen LogP contribution in [0.5, 0.6) is 0 Å². The maximum atomic E-state index is 3.54. The molecule has 0 fully saturated rings. The number of benzene rings is 1. The highest BCUT2D eigenvalue weighted by Crippen LogP contribution is 2.17. The molecule has 0 aliphatic carbocycles. The van der Waals surface area contributed by atoms with Crippen molar-refractivity contribution in [3.8, 4) is 0 Å². The van der Waals surface area contributed by atoms with Gasteiger partial charge in [-0.25, -0.2) is 0 Å². The molecule has 0 saturated heterocycles. The van der Waals surface area contributed by atoms with Gasteiger partial charge in [-0.15, -0.1) is 0 Å². The third-order valence-corrected chi connectivity index (χ3v) is 3.94. The highest BCUT2D eigenvalue weighted by Gasteiger charge is 2.06. The van der Waals surface area contributed by atoms with Crippen LogP contribution in [0.25, 0.3) is 0 Å². The first-order valence-corrected chi connectivity index (χ1v) is 8.94. The lowest BCUT2D eigenvalue weighted by molar-refractivity contribution is 0.455. The van der Waals surface area contributed by atoms with E-state index in [1.807, 2.05) is 0 Å². The largest absolute Gasteiger partial charge is 0.385 e. The van der Waals surface area contributed by atoms with E-state index in [1.165, 1.54) is 24.2 Å². The highest BCUT2D eigenvalue weighted by atomic mass is 14.9. The van der Waals surface area contributed by atoms with Gasteiger partial charge in [0.25, 0.3) is 0 Å². The number of hydrogen-bond acceptors (Lipinski definition) is 2. The van der Waals surface area contributed by atoms with E-state index in [2.05, 4.69) is 76.4 Å². The zero-order valence-corrected chi connectivity index (χ0v) is 15.4. The quantitative estimate of drug-likeness (QED) is 0.564. The second kappa shape index (κ2) is 9.76. The third-order valence-electron chi connectivity index (χ3n) is 3.94. The molecule has 2 atom stereocenters. The standard InChI is InChI=1S/C20H36N2/c1-15(2)11-17(5)13-21-19-7-9-20(10-8-19)22-14-18(6)12-16(3)4/h7-10,15-18,21-22H,11-14H2,1-6H3. The van der Waals surface area contributed by atoms with Gasteiger partial charge in [-0.3, -0.25) is 0 Å². The average molecular weight is 305 g/mol. The maximum absolute atomic E-state index is 3.54. The summed E-state index contributed by atoms with van der Waals surface area (Å²) < 4.78 is 0. The molecule has 2 nitrogen and oxygen atoms in total. The van der Waals surface area contributed by atoms with E-state index in [0.29, 0.717) is 0 Å². The third kappa shape index (κ3) is 8.31. The van der Waals surface area contributed by atoms with Crippen molar-refractivity contribution in [1.82, 2.24) is 0 Å². The molecule has 0 radical (unpaired) electrons. The fraction of sp³-hybridized carbons (Fsp3) is 0.700. The molecule has 2 N–H and O–H groups in total. The fourth-order valence-electron chi connectivity index (χ4n) is 3.07.